The first kappa shape index (κ1) is 28.7. The van der Waals surface area contributed by atoms with E-state index in [-0.39, 0.29) is 23.5 Å². The Balaban J connectivity index is 5.72. The summed E-state index contributed by atoms with van der Waals surface area (Å²) >= 11 is 0. The lowest BCUT2D eigenvalue weighted by Crippen LogP contribution is -2.49. The number of hydrogen-bond donors (Lipinski definition) is 0. The van der Waals surface area contributed by atoms with Crippen molar-refractivity contribution in [2.45, 2.75) is 105 Å². The van der Waals surface area contributed by atoms with E-state index in [1.165, 1.54) is 0 Å². The molecule has 0 saturated heterocycles. The van der Waals surface area contributed by atoms with E-state index in [1.807, 2.05) is 40.7 Å². The van der Waals surface area contributed by atoms with Crippen LogP contribution >= 0.6 is 0 Å². The van der Waals surface area contributed by atoms with E-state index in [1.54, 1.807) is 11.8 Å². The fraction of sp³-hybridized carbons (Fsp3) is 0.826. The molecule has 176 valence electrons. The summed E-state index contributed by atoms with van der Waals surface area (Å²) in [6, 6.07) is -0.283. The van der Waals surface area contributed by atoms with Crippen LogP contribution in [0.2, 0.25) is 18.1 Å². The summed E-state index contributed by atoms with van der Waals surface area (Å²) < 4.78 is 17.2. The maximum Gasteiger partial charge on any atom is 0.410 e. The molecular formula is C23H45NO5Si. The van der Waals surface area contributed by atoms with Gasteiger partial charge in [0.1, 0.15) is 5.60 Å². The smallest absolute Gasteiger partial charge is 0.410 e. The van der Waals surface area contributed by atoms with Gasteiger partial charge in [0.15, 0.2) is 8.32 Å². The monoisotopic (exact) mass is 443 g/mol. The number of esters is 1. The summed E-state index contributed by atoms with van der Waals surface area (Å²) in [4.78, 5) is 26.7. The molecule has 0 radical (unpaired) electrons. The third kappa shape index (κ3) is 11.2. The molecule has 0 fully saturated rings. The molecule has 0 aromatic carbocycles. The maximum absolute atomic E-state index is 13.0. The normalized spacial score (nSPS) is 13.4. The van der Waals surface area contributed by atoms with Gasteiger partial charge in [-0.2, -0.15) is 0 Å². The van der Waals surface area contributed by atoms with Gasteiger partial charge in [-0.3, -0.25) is 9.69 Å². The van der Waals surface area contributed by atoms with Crippen LogP contribution < -0.4 is 0 Å². The highest BCUT2D eigenvalue weighted by Crippen LogP contribution is 2.37. The molecule has 0 aromatic rings. The van der Waals surface area contributed by atoms with Gasteiger partial charge in [-0.25, -0.2) is 4.79 Å². The second-order valence-corrected chi connectivity index (χ2v) is 15.3. The van der Waals surface area contributed by atoms with Crippen LogP contribution in [-0.4, -0.2) is 56.7 Å². The third-order valence-corrected chi connectivity index (χ3v) is 9.70. The summed E-state index contributed by atoms with van der Waals surface area (Å²) in [5.74, 6) is -0.263. The number of allylic oxidation sites excluding steroid dienone is 1. The zero-order valence-electron chi connectivity index (χ0n) is 21.2. The molecule has 0 heterocycles. The molecule has 0 saturated carbocycles. The highest BCUT2D eigenvalue weighted by Gasteiger charge is 2.39. The Bertz CT molecular complexity index is 583. The van der Waals surface area contributed by atoms with Crippen LogP contribution in [0.15, 0.2) is 11.6 Å². The summed E-state index contributed by atoms with van der Waals surface area (Å²) in [6.45, 7) is 23.4. The minimum absolute atomic E-state index is 0.0509. The molecule has 0 N–H and O–H groups in total. The Labute approximate surface area is 185 Å². The van der Waals surface area contributed by atoms with Crippen LogP contribution in [-0.2, 0) is 18.7 Å². The van der Waals surface area contributed by atoms with Crippen molar-refractivity contribution >= 4 is 20.4 Å². The van der Waals surface area contributed by atoms with Crippen molar-refractivity contribution in [1.82, 2.24) is 4.90 Å². The Hall–Kier alpha value is -1.34. The number of carbonyl (C=O) groups excluding carboxylic acids is 2. The number of hydrogen-bond acceptors (Lipinski definition) is 5. The fourth-order valence-electron chi connectivity index (χ4n) is 2.34. The van der Waals surface area contributed by atoms with E-state index in [9.17, 15) is 9.59 Å². The zero-order chi connectivity index (χ0) is 23.8. The minimum Gasteiger partial charge on any atom is -0.466 e. The highest BCUT2D eigenvalue weighted by molar-refractivity contribution is 6.74. The van der Waals surface area contributed by atoms with Crippen LogP contribution in [0.25, 0.3) is 0 Å². The Morgan fingerprint density at radius 2 is 1.63 bits per heavy atom. The molecule has 1 atom stereocenters. The molecule has 0 aliphatic carbocycles. The first-order chi connectivity index (χ1) is 13.5. The number of carbonyl (C=O) groups is 2. The quantitative estimate of drug-likeness (QED) is 0.238. The number of nitrogens with zero attached hydrogens (tertiary/aromatic N) is 1. The summed E-state index contributed by atoms with van der Waals surface area (Å²) in [6.07, 6.45) is 2.29. The van der Waals surface area contributed by atoms with Crippen molar-refractivity contribution in [3.63, 3.8) is 0 Å². The second-order valence-electron chi connectivity index (χ2n) is 10.5. The molecule has 7 heteroatoms. The maximum atomic E-state index is 13.0. The van der Waals surface area contributed by atoms with Gasteiger partial charge in [0.2, 0.25) is 0 Å². The SMILES string of the molecule is CCOC(=O)CC[C@@H](CO[Si](C)(C)C(C)(C)C)N(CC=C(C)C)C(=O)OC(C)(C)C. The Morgan fingerprint density at radius 1 is 1.07 bits per heavy atom. The lowest BCUT2D eigenvalue weighted by atomic mass is 10.1. The minimum atomic E-state index is -2.02. The van der Waals surface area contributed by atoms with Crippen molar-refractivity contribution in [3.8, 4) is 0 Å². The predicted molar refractivity (Wildman–Crippen MR) is 125 cm³/mol. The van der Waals surface area contributed by atoms with Crippen LogP contribution in [0, 0.1) is 0 Å². The van der Waals surface area contributed by atoms with Gasteiger partial charge < -0.3 is 13.9 Å². The van der Waals surface area contributed by atoms with E-state index < -0.39 is 20.0 Å². The predicted octanol–water partition coefficient (Wildman–Crippen LogP) is 5.92. The van der Waals surface area contributed by atoms with E-state index in [2.05, 4.69) is 33.9 Å². The second kappa shape index (κ2) is 11.9. The average Bonchev–Trinajstić information content (AvgIpc) is 2.53. The van der Waals surface area contributed by atoms with Gasteiger partial charge in [-0.1, -0.05) is 32.4 Å². The molecule has 0 aliphatic rings. The lowest BCUT2D eigenvalue weighted by Gasteiger charge is -2.39. The summed E-state index contributed by atoms with van der Waals surface area (Å²) in [5, 5.41) is 0.0509. The summed E-state index contributed by atoms with van der Waals surface area (Å²) in [7, 11) is -2.02. The number of amides is 1. The Kier molecular flexibility index (Phi) is 11.4. The van der Waals surface area contributed by atoms with E-state index in [0.717, 1.165) is 5.57 Å². The van der Waals surface area contributed by atoms with Crippen molar-refractivity contribution in [2.75, 3.05) is 19.8 Å². The topological polar surface area (TPSA) is 65.1 Å². The zero-order valence-corrected chi connectivity index (χ0v) is 22.2. The first-order valence-electron chi connectivity index (χ1n) is 10.9. The van der Waals surface area contributed by atoms with Gasteiger partial charge >= 0.3 is 12.1 Å². The average molecular weight is 444 g/mol. The molecular weight excluding hydrogens is 398 g/mol. The molecule has 0 aliphatic heterocycles. The molecule has 0 unspecified atom stereocenters. The molecule has 1 amide bonds. The number of rotatable bonds is 10. The molecule has 0 spiro atoms. The van der Waals surface area contributed by atoms with Crippen LogP contribution in [0.5, 0.6) is 0 Å². The largest absolute Gasteiger partial charge is 0.466 e. The van der Waals surface area contributed by atoms with Gasteiger partial charge in [0.25, 0.3) is 0 Å². The van der Waals surface area contributed by atoms with E-state index in [0.29, 0.717) is 26.2 Å². The third-order valence-electron chi connectivity index (χ3n) is 5.19. The van der Waals surface area contributed by atoms with Crippen LogP contribution in [0.1, 0.15) is 75.2 Å². The van der Waals surface area contributed by atoms with Crippen LogP contribution in [0.3, 0.4) is 0 Å². The number of ether oxygens (including phenoxy) is 2. The van der Waals surface area contributed by atoms with Crippen molar-refractivity contribution in [2.24, 2.45) is 0 Å². The van der Waals surface area contributed by atoms with Gasteiger partial charge in [0, 0.05) is 13.0 Å². The molecule has 0 aromatic heterocycles. The van der Waals surface area contributed by atoms with E-state index in [4.69, 9.17) is 13.9 Å². The molecule has 6 nitrogen and oxygen atoms in total. The lowest BCUT2D eigenvalue weighted by molar-refractivity contribution is -0.143. The standard InChI is InChI=1S/C23H45NO5Si/c1-12-27-20(25)14-13-19(17-28-30(10,11)23(7,8)9)24(16-15-18(2)3)21(26)29-22(4,5)6/h15,19H,12-14,16-17H2,1-11H3/t19-/m0/s1. The van der Waals surface area contributed by atoms with Crippen molar-refractivity contribution < 1.29 is 23.5 Å². The van der Waals surface area contributed by atoms with Crippen molar-refractivity contribution in [1.29, 1.82) is 0 Å². The molecule has 30 heavy (non-hydrogen) atoms. The van der Waals surface area contributed by atoms with Gasteiger partial charge in [-0.15, -0.1) is 0 Å². The van der Waals surface area contributed by atoms with E-state index >= 15 is 0 Å². The van der Waals surface area contributed by atoms with Gasteiger partial charge in [0.05, 0.1) is 19.3 Å². The first-order valence-corrected chi connectivity index (χ1v) is 13.8. The highest BCUT2D eigenvalue weighted by atomic mass is 28.4. The molecule has 0 rings (SSSR count). The fourth-order valence-corrected chi connectivity index (χ4v) is 3.38. The van der Waals surface area contributed by atoms with Crippen LogP contribution in [0.4, 0.5) is 4.79 Å². The van der Waals surface area contributed by atoms with Crippen molar-refractivity contribution in [3.05, 3.63) is 11.6 Å². The summed E-state index contributed by atoms with van der Waals surface area (Å²) in [5.41, 5.74) is 0.504. The van der Waals surface area contributed by atoms with Gasteiger partial charge in [-0.05, 0) is 66.1 Å². The molecule has 0 bridgehead atoms. The Morgan fingerprint density at radius 3 is 2.07 bits per heavy atom.